The van der Waals surface area contributed by atoms with E-state index < -0.39 is 17.1 Å². The summed E-state index contributed by atoms with van der Waals surface area (Å²) in [4.78, 5) is 10.3. The molecule has 0 rings (SSSR count). The van der Waals surface area contributed by atoms with Gasteiger partial charge < -0.3 is 14.2 Å². The Balaban J connectivity index is 3.97. The summed E-state index contributed by atoms with van der Waals surface area (Å²) in [6.07, 6.45) is -0.609. The maximum absolute atomic E-state index is 10.8. The highest BCUT2D eigenvalue weighted by Crippen LogP contribution is 2.10. The first-order valence-electron chi connectivity index (χ1n) is 2.94. The van der Waals surface area contributed by atoms with Gasteiger partial charge in [-0.3, -0.25) is 4.79 Å². The topological polar surface area (TPSA) is 44.8 Å². The van der Waals surface area contributed by atoms with Gasteiger partial charge in [0, 0.05) is 14.2 Å². The highest BCUT2D eigenvalue weighted by Gasteiger charge is 2.25. The molecule has 0 saturated heterocycles. The first-order valence-corrected chi connectivity index (χ1v) is 3.86. The molecular formula is C6H11BrO4. The van der Waals surface area contributed by atoms with E-state index in [9.17, 15) is 4.79 Å². The SMILES string of the molecule is COC(=O)[C@H](Br)C(OC)OC. The summed E-state index contributed by atoms with van der Waals surface area (Å²) in [5.41, 5.74) is 0. The average molecular weight is 227 g/mol. The van der Waals surface area contributed by atoms with Crippen LogP contribution in [0.5, 0.6) is 0 Å². The highest BCUT2D eigenvalue weighted by atomic mass is 79.9. The molecular weight excluding hydrogens is 216 g/mol. The van der Waals surface area contributed by atoms with Gasteiger partial charge in [-0.2, -0.15) is 0 Å². The molecule has 0 radical (unpaired) electrons. The second-order valence-electron chi connectivity index (χ2n) is 1.76. The molecule has 0 aliphatic heterocycles. The zero-order valence-electron chi connectivity index (χ0n) is 6.67. The van der Waals surface area contributed by atoms with Gasteiger partial charge in [0.25, 0.3) is 0 Å². The molecule has 0 N–H and O–H groups in total. The lowest BCUT2D eigenvalue weighted by molar-refractivity contribution is -0.153. The molecule has 0 aliphatic carbocycles. The van der Waals surface area contributed by atoms with E-state index in [4.69, 9.17) is 9.47 Å². The van der Waals surface area contributed by atoms with Crippen LogP contribution in [-0.4, -0.2) is 38.4 Å². The van der Waals surface area contributed by atoms with Crippen molar-refractivity contribution in [2.75, 3.05) is 21.3 Å². The molecule has 0 unspecified atom stereocenters. The third-order valence-electron chi connectivity index (χ3n) is 1.13. The van der Waals surface area contributed by atoms with Gasteiger partial charge in [-0.25, -0.2) is 0 Å². The number of rotatable bonds is 4. The maximum Gasteiger partial charge on any atom is 0.324 e. The fraction of sp³-hybridized carbons (Fsp3) is 0.833. The van der Waals surface area contributed by atoms with Crippen LogP contribution in [0.25, 0.3) is 0 Å². The van der Waals surface area contributed by atoms with E-state index in [1.807, 2.05) is 0 Å². The summed E-state index contributed by atoms with van der Waals surface area (Å²) in [6.45, 7) is 0. The van der Waals surface area contributed by atoms with Crippen LogP contribution in [0, 0.1) is 0 Å². The largest absolute Gasteiger partial charge is 0.468 e. The maximum atomic E-state index is 10.8. The van der Waals surface area contributed by atoms with Crippen molar-refractivity contribution in [3.63, 3.8) is 0 Å². The number of ether oxygens (including phenoxy) is 3. The van der Waals surface area contributed by atoms with Gasteiger partial charge in [0.15, 0.2) is 11.1 Å². The summed E-state index contributed by atoms with van der Waals surface area (Å²) in [5, 5.41) is 0. The predicted molar refractivity (Wildman–Crippen MR) is 42.5 cm³/mol. The van der Waals surface area contributed by atoms with Crippen LogP contribution in [-0.2, 0) is 19.0 Å². The van der Waals surface area contributed by atoms with Gasteiger partial charge in [0.05, 0.1) is 7.11 Å². The third-order valence-corrected chi connectivity index (χ3v) is 1.94. The molecule has 0 saturated carbocycles. The van der Waals surface area contributed by atoms with Crippen molar-refractivity contribution in [2.24, 2.45) is 0 Å². The van der Waals surface area contributed by atoms with E-state index in [0.717, 1.165) is 0 Å². The van der Waals surface area contributed by atoms with Gasteiger partial charge >= 0.3 is 5.97 Å². The minimum atomic E-state index is -0.609. The number of hydrogen-bond donors (Lipinski definition) is 0. The Bertz CT molecular complexity index is 124. The zero-order chi connectivity index (χ0) is 8.85. The lowest BCUT2D eigenvalue weighted by Gasteiger charge is -2.16. The Hall–Kier alpha value is -0.130. The van der Waals surface area contributed by atoms with Crippen LogP contribution in [0.4, 0.5) is 0 Å². The van der Waals surface area contributed by atoms with E-state index in [-0.39, 0.29) is 0 Å². The van der Waals surface area contributed by atoms with E-state index in [0.29, 0.717) is 0 Å². The molecule has 0 spiro atoms. The van der Waals surface area contributed by atoms with Crippen molar-refractivity contribution in [2.45, 2.75) is 11.1 Å². The average Bonchev–Trinajstić information content (AvgIpc) is 2.05. The van der Waals surface area contributed by atoms with E-state index in [1.165, 1.54) is 21.3 Å². The zero-order valence-corrected chi connectivity index (χ0v) is 8.25. The van der Waals surface area contributed by atoms with Gasteiger partial charge in [0.2, 0.25) is 0 Å². The molecule has 0 amide bonds. The van der Waals surface area contributed by atoms with Crippen molar-refractivity contribution in [3.8, 4) is 0 Å². The van der Waals surface area contributed by atoms with Crippen LogP contribution < -0.4 is 0 Å². The number of hydrogen-bond acceptors (Lipinski definition) is 4. The molecule has 0 bridgehead atoms. The van der Waals surface area contributed by atoms with Crippen LogP contribution in [0.1, 0.15) is 0 Å². The van der Waals surface area contributed by atoms with Gasteiger partial charge in [0.1, 0.15) is 0 Å². The second-order valence-corrected chi connectivity index (χ2v) is 2.75. The molecule has 66 valence electrons. The number of carbonyl (C=O) groups excluding carboxylic acids is 1. The second kappa shape index (κ2) is 5.51. The highest BCUT2D eigenvalue weighted by molar-refractivity contribution is 9.10. The van der Waals surface area contributed by atoms with E-state index in [1.54, 1.807) is 0 Å². The van der Waals surface area contributed by atoms with Crippen molar-refractivity contribution in [1.82, 2.24) is 0 Å². The fourth-order valence-electron chi connectivity index (χ4n) is 0.559. The van der Waals surface area contributed by atoms with Crippen LogP contribution in [0.2, 0.25) is 0 Å². The first-order chi connectivity index (χ1) is 5.17. The normalized spacial score (nSPS) is 13.2. The van der Waals surface area contributed by atoms with Gasteiger partial charge in [-0.05, 0) is 0 Å². The number of methoxy groups -OCH3 is 3. The Morgan fingerprint density at radius 2 is 1.73 bits per heavy atom. The number of esters is 1. The van der Waals surface area contributed by atoms with Gasteiger partial charge in [-0.1, -0.05) is 15.9 Å². The Morgan fingerprint density at radius 3 is 2.00 bits per heavy atom. The predicted octanol–water partition coefficient (Wildman–Crippen LogP) is 0.542. The summed E-state index contributed by atoms with van der Waals surface area (Å²) in [7, 11) is 4.20. The number of carbonyl (C=O) groups is 1. The molecule has 1 atom stereocenters. The molecule has 0 heterocycles. The summed E-state index contributed by atoms with van der Waals surface area (Å²) >= 11 is 3.07. The fourth-order valence-corrected chi connectivity index (χ4v) is 1.18. The smallest absolute Gasteiger partial charge is 0.324 e. The quantitative estimate of drug-likeness (QED) is 0.399. The molecule has 0 fully saturated rings. The molecule has 4 nitrogen and oxygen atoms in total. The lowest BCUT2D eigenvalue weighted by atomic mass is 10.4. The summed E-state index contributed by atoms with van der Waals surface area (Å²) in [6, 6.07) is 0. The summed E-state index contributed by atoms with van der Waals surface area (Å²) < 4.78 is 14.1. The van der Waals surface area contributed by atoms with Crippen molar-refractivity contribution in [3.05, 3.63) is 0 Å². The Labute approximate surface area is 73.9 Å². The number of alkyl halides is 1. The van der Waals surface area contributed by atoms with E-state index in [2.05, 4.69) is 20.7 Å². The molecule has 0 aromatic carbocycles. The van der Waals surface area contributed by atoms with Crippen molar-refractivity contribution in [1.29, 1.82) is 0 Å². The molecule has 0 aromatic heterocycles. The van der Waals surface area contributed by atoms with Crippen LogP contribution >= 0.6 is 15.9 Å². The summed E-state index contributed by atoms with van der Waals surface area (Å²) in [5.74, 6) is -0.418. The van der Waals surface area contributed by atoms with Gasteiger partial charge in [-0.15, -0.1) is 0 Å². The molecule has 5 heteroatoms. The Morgan fingerprint density at radius 1 is 1.27 bits per heavy atom. The monoisotopic (exact) mass is 226 g/mol. The third kappa shape index (κ3) is 3.18. The molecule has 11 heavy (non-hydrogen) atoms. The van der Waals surface area contributed by atoms with Crippen LogP contribution in [0.15, 0.2) is 0 Å². The minimum absolute atomic E-state index is 0.418. The first kappa shape index (κ1) is 10.9. The minimum Gasteiger partial charge on any atom is -0.468 e. The van der Waals surface area contributed by atoms with Crippen molar-refractivity contribution < 1.29 is 19.0 Å². The molecule has 0 aromatic rings. The van der Waals surface area contributed by atoms with Crippen LogP contribution in [0.3, 0.4) is 0 Å². The van der Waals surface area contributed by atoms with E-state index >= 15 is 0 Å². The Kier molecular flexibility index (Phi) is 5.45. The molecule has 0 aliphatic rings. The van der Waals surface area contributed by atoms with Crippen molar-refractivity contribution >= 4 is 21.9 Å². The standard InChI is InChI=1S/C6H11BrO4/c1-9-5(8)4(7)6(10-2)11-3/h4,6H,1-3H3/t4-/m0/s1. The number of halogens is 1. The lowest BCUT2D eigenvalue weighted by Crippen LogP contribution is -2.32.